The summed E-state index contributed by atoms with van der Waals surface area (Å²) >= 11 is 3.34. The molecule has 3 heteroatoms. The molecule has 0 amide bonds. The van der Waals surface area contributed by atoms with E-state index >= 15 is 0 Å². The van der Waals surface area contributed by atoms with Crippen molar-refractivity contribution in [2.45, 2.75) is 19.4 Å². The van der Waals surface area contributed by atoms with Crippen LogP contribution in [-0.2, 0) is 6.42 Å². The largest absolute Gasteiger partial charge is 0.453 e. The lowest BCUT2D eigenvalue weighted by Crippen LogP contribution is -2.18. The van der Waals surface area contributed by atoms with E-state index in [1.807, 2.05) is 19.2 Å². The van der Waals surface area contributed by atoms with E-state index in [0.717, 1.165) is 16.9 Å². The van der Waals surface area contributed by atoms with Gasteiger partial charge in [0.25, 0.3) is 0 Å². The summed E-state index contributed by atoms with van der Waals surface area (Å²) in [5.41, 5.74) is 2.66. The summed E-state index contributed by atoms with van der Waals surface area (Å²) in [5, 5.41) is 3.29. The molecule has 0 aliphatic carbocycles. The molecule has 0 spiro atoms. The van der Waals surface area contributed by atoms with E-state index in [1.54, 1.807) is 0 Å². The lowest BCUT2D eigenvalue weighted by molar-refractivity contribution is 0.416. The first-order valence-electron chi connectivity index (χ1n) is 5.67. The Hall–Kier alpha value is -1.06. The Morgan fingerprint density at radius 3 is 2.59 bits per heavy atom. The third-order valence-corrected chi connectivity index (χ3v) is 3.40. The van der Waals surface area contributed by atoms with Crippen LogP contribution in [0.3, 0.4) is 0 Å². The molecule has 0 radical (unpaired) electrons. The van der Waals surface area contributed by atoms with Crippen molar-refractivity contribution in [3.8, 4) is 0 Å². The standard InChI is InChI=1S/C14H16BrNO/c1-10-5-3-4-6-11(10)9-12(16-2)13-7-8-14(15)17-13/h3-8,12,16H,9H2,1-2H3. The molecule has 1 N–H and O–H groups in total. The maximum atomic E-state index is 5.60. The Morgan fingerprint density at radius 1 is 1.24 bits per heavy atom. The van der Waals surface area contributed by atoms with Crippen LogP contribution in [0, 0.1) is 6.92 Å². The van der Waals surface area contributed by atoms with Crippen LogP contribution in [0.2, 0.25) is 0 Å². The van der Waals surface area contributed by atoms with Gasteiger partial charge >= 0.3 is 0 Å². The minimum absolute atomic E-state index is 0.211. The van der Waals surface area contributed by atoms with Gasteiger partial charge < -0.3 is 9.73 Å². The van der Waals surface area contributed by atoms with E-state index in [4.69, 9.17) is 4.42 Å². The number of halogens is 1. The van der Waals surface area contributed by atoms with Crippen molar-refractivity contribution in [1.29, 1.82) is 0 Å². The van der Waals surface area contributed by atoms with Gasteiger partial charge in [0.1, 0.15) is 5.76 Å². The number of hydrogen-bond donors (Lipinski definition) is 1. The Balaban J connectivity index is 2.18. The van der Waals surface area contributed by atoms with E-state index < -0.39 is 0 Å². The number of likely N-dealkylation sites (N-methyl/N-ethyl adjacent to an activating group) is 1. The summed E-state index contributed by atoms with van der Waals surface area (Å²) in [4.78, 5) is 0. The molecular formula is C14H16BrNO. The molecule has 0 aliphatic rings. The molecule has 0 saturated carbocycles. The molecule has 0 bridgehead atoms. The SMILES string of the molecule is CNC(Cc1ccccc1C)c1ccc(Br)o1. The van der Waals surface area contributed by atoms with Gasteiger partial charge in [-0.2, -0.15) is 0 Å². The fraction of sp³-hybridized carbons (Fsp3) is 0.286. The van der Waals surface area contributed by atoms with Crippen LogP contribution in [0.4, 0.5) is 0 Å². The van der Waals surface area contributed by atoms with Crippen LogP contribution in [0.5, 0.6) is 0 Å². The molecule has 2 aromatic rings. The van der Waals surface area contributed by atoms with E-state index in [-0.39, 0.29) is 6.04 Å². The predicted octanol–water partition coefficient (Wildman–Crippen LogP) is 3.85. The summed E-state index contributed by atoms with van der Waals surface area (Å²) in [7, 11) is 1.96. The smallest absolute Gasteiger partial charge is 0.169 e. The third kappa shape index (κ3) is 2.99. The predicted molar refractivity (Wildman–Crippen MR) is 73.1 cm³/mol. The minimum Gasteiger partial charge on any atom is -0.453 e. The topological polar surface area (TPSA) is 25.2 Å². The van der Waals surface area contributed by atoms with Gasteiger partial charge in [0.15, 0.2) is 4.67 Å². The molecule has 1 unspecified atom stereocenters. The van der Waals surface area contributed by atoms with E-state index in [1.165, 1.54) is 11.1 Å². The maximum Gasteiger partial charge on any atom is 0.169 e. The second-order valence-corrected chi connectivity index (χ2v) is 4.90. The quantitative estimate of drug-likeness (QED) is 0.926. The molecule has 2 rings (SSSR count). The van der Waals surface area contributed by atoms with Gasteiger partial charge in [-0.05, 0) is 59.6 Å². The van der Waals surface area contributed by atoms with Gasteiger partial charge in [-0.15, -0.1) is 0 Å². The van der Waals surface area contributed by atoms with Crippen LogP contribution in [0.1, 0.15) is 22.9 Å². The zero-order valence-electron chi connectivity index (χ0n) is 10.0. The zero-order valence-corrected chi connectivity index (χ0v) is 11.6. The average Bonchev–Trinajstić information content (AvgIpc) is 2.75. The van der Waals surface area contributed by atoms with Crippen molar-refractivity contribution in [3.05, 3.63) is 58.0 Å². The Bertz CT molecular complexity index is 492. The molecule has 1 atom stereocenters. The lowest BCUT2D eigenvalue weighted by Gasteiger charge is -2.15. The van der Waals surface area contributed by atoms with Gasteiger partial charge in [-0.25, -0.2) is 0 Å². The number of hydrogen-bond acceptors (Lipinski definition) is 2. The monoisotopic (exact) mass is 293 g/mol. The highest BCUT2D eigenvalue weighted by Crippen LogP contribution is 2.24. The highest BCUT2D eigenvalue weighted by atomic mass is 79.9. The highest BCUT2D eigenvalue weighted by Gasteiger charge is 2.14. The van der Waals surface area contributed by atoms with Crippen molar-refractivity contribution in [3.63, 3.8) is 0 Å². The number of rotatable bonds is 4. The van der Waals surface area contributed by atoms with Crippen molar-refractivity contribution in [1.82, 2.24) is 5.32 Å². The number of furan rings is 1. The molecule has 0 aliphatic heterocycles. The first-order chi connectivity index (χ1) is 8.20. The lowest BCUT2D eigenvalue weighted by atomic mass is 10.00. The molecule has 2 nitrogen and oxygen atoms in total. The third-order valence-electron chi connectivity index (χ3n) is 2.97. The second-order valence-electron chi connectivity index (χ2n) is 4.11. The number of aryl methyl sites for hydroxylation is 1. The first-order valence-corrected chi connectivity index (χ1v) is 6.47. The summed E-state index contributed by atoms with van der Waals surface area (Å²) in [5.74, 6) is 0.961. The van der Waals surface area contributed by atoms with Gasteiger partial charge in [-0.3, -0.25) is 0 Å². The van der Waals surface area contributed by atoms with Crippen LogP contribution >= 0.6 is 15.9 Å². The van der Waals surface area contributed by atoms with Crippen LogP contribution < -0.4 is 5.32 Å². The molecule has 1 aromatic heterocycles. The summed E-state index contributed by atoms with van der Waals surface area (Å²) < 4.78 is 6.38. The fourth-order valence-corrected chi connectivity index (χ4v) is 2.24. The molecular weight excluding hydrogens is 278 g/mol. The van der Waals surface area contributed by atoms with Gasteiger partial charge in [-0.1, -0.05) is 24.3 Å². The van der Waals surface area contributed by atoms with Crippen LogP contribution in [0.25, 0.3) is 0 Å². The highest BCUT2D eigenvalue weighted by molar-refractivity contribution is 9.10. The van der Waals surface area contributed by atoms with Crippen LogP contribution in [0.15, 0.2) is 45.5 Å². The number of benzene rings is 1. The first kappa shape index (κ1) is 12.4. The second kappa shape index (κ2) is 5.52. The molecule has 1 heterocycles. The number of nitrogens with one attached hydrogen (secondary N) is 1. The van der Waals surface area contributed by atoms with Gasteiger partial charge in [0.2, 0.25) is 0 Å². The Labute approximate surface area is 110 Å². The Kier molecular flexibility index (Phi) is 4.02. The van der Waals surface area contributed by atoms with E-state index in [2.05, 4.69) is 52.4 Å². The normalized spacial score (nSPS) is 12.6. The summed E-state index contributed by atoms with van der Waals surface area (Å²) in [6.07, 6.45) is 0.934. The van der Waals surface area contributed by atoms with Crippen molar-refractivity contribution < 1.29 is 4.42 Å². The fourth-order valence-electron chi connectivity index (χ4n) is 1.92. The Morgan fingerprint density at radius 2 is 2.00 bits per heavy atom. The average molecular weight is 294 g/mol. The van der Waals surface area contributed by atoms with Crippen LogP contribution in [-0.4, -0.2) is 7.05 Å². The van der Waals surface area contributed by atoms with Crippen molar-refractivity contribution in [2.24, 2.45) is 0 Å². The van der Waals surface area contributed by atoms with Gasteiger partial charge in [0.05, 0.1) is 6.04 Å². The van der Waals surface area contributed by atoms with Crippen molar-refractivity contribution >= 4 is 15.9 Å². The minimum atomic E-state index is 0.211. The zero-order chi connectivity index (χ0) is 12.3. The summed E-state index contributed by atoms with van der Waals surface area (Å²) in [6.45, 7) is 2.14. The van der Waals surface area contributed by atoms with Crippen molar-refractivity contribution in [2.75, 3.05) is 7.05 Å². The molecule has 0 saturated heterocycles. The van der Waals surface area contributed by atoms with E-state index in [0.29, 0.717) is 0 Å². The molecule has 17 heavy (non-hydrogen) atoms. The molecule has 1 aromatic carbocycles. The van der Waals surface area contributed by atoms with Gasteiger partial charge in [0, 0.05) is 0 Å². The molecule has 90 valence electrons. The maximum absolute atomic E-state index is 5.60. The summed E-state index contributed by atoms with van der Waals surface area (Å²) in [6, 6.07) is 12.6. The van der Waals surface area contributed by atoms with E-state index in [9.17, 15) is 0 Å². The molecule has 0 fully saturated rings.